The molecule has 0 fully saturated rings. The maximum absolute atomic E-state index is 3.69. The Morgan fingerprint density at radius 2 is 2.06 bits per heavy atom. The van der Waals surface area contributed by atoms with Crippen LogP contribution < -0.4 is 5.32 Å². The third-order valence-electron chi connectivity index (χ3n) is 3.32. The van der Waals surface area contributed by atoms with E-state index in [4.69, 9.17) is 0 Å². The molecule has 0 aliphatic heterocycles. The van der Waals surface area contributed by atoms with Crippen LogP contribution in [0.3, 0.4) is 0 Å². The molecule has 18 heavy (non-hydrogen) atoms. The standard InChI is InChI=1S/C16H27NS/c1-5-9-17-16(8-10-18-4)12-15-11-13(2)6-7-14(15)3/h6-7,11,16-17H,5,8-10,12H2,1-4H3. The zero-order valence-electron chi connectivity index (χ0n) is 12.3. The van der Waals surface area contributed by atoms with Gasteiger partial charge < -0.3 is 5.32 Å². The number of nitrogens with one attached hydrogen (secondary N) is 1. The zero-order chi connectivity index (χ0) is 13.4. The molecule has 1 unspecified atom stereocenters. The molecule has 0 radical (unpaired) electrons. The van der Waals surface area contributed by atoms with Crippen molar-refractivity contribution >= 4 is 11.8 Å². The van der Waals surface area contributed by atoms with Crippen LogP contribution in [-0.4, -0.2) is 24.6 Å². The van der Waals surface area contributed by atoms with Gasteiger partial charge in [-0.3, -0.25) is 0 Å². The minimum Gasteiger partial charge on any atom is -0.314 e. The molecule has 1 rings (SSSR count). The van der Waals surface area contributed by atoms with Gasteiger partial charge in [-0.1, -0.05) is 30.7 Å². The minimum absolute atomic E-state index is 0.623. The third kappa shape index (κ3) is 5.45. The molecule has 0 saturated heterocycles. The lowest BCUT2D eigenvalue weighted by Gasteiger charge is -2.19. The summed E-state index contributed by atoms with van der Waals surface area (Å²) in [5.41, 5.74) is 4.30. The van der Waals surface area contributed by atoms with Gasteiger partial charge in [0.1, 0.15) is 0 Å². The van der Waals surface area contributed by atoms with Crippen LogP contribution in [0, 0.1) is 13.8 Å². The molecule has 0 saturated carbocycles. The fourth-order valence-electron chi connectivity index (χ4n) is 2.17. The minimum atomic E-state index is 0.623. The average Bonchev–Trinajstić information content (AvgIpc) is 2.37. The molecular formula is C16H27NS. The fraction of sp³-hybridized carbons (Fsp3) is 0.625. The van der Waals surface area contributed by atoms with Crippen molar-refractivity contribution in [3.63, 3.8) is 0 Å². The van der Waals surface area contributed by atoms with E-state index >= 15 is 0 Å². The second-order valence-electron chi connectivity index (χ2n) is 5.07. The maximum Gasteiger partial charge on any atom is 0.0115 e. The Morgan fingerprint density at radius 1 is 1.28 bits per heavy atom. The van der Waals surface area contributed by atoms with Crippen molar-refractivity contribution in [2.75, 3.05) is 18.6 Å². The first kappa shape index (κ1) is 15.6. The maximum atomic E-state index is 3.69. The van der Waals surface area contributed by atoms with Gasteiger partial charge in [0.15, 0.2) is 0 Å². The van der Waals surface area contributed by atoms with E-state index in [2.05, 4.69) is 50.5 Å². The molecule has 102 valence electrons. The first-order valence-electron chi connectivity index (χ1n) is 6.95. The first-order valence-corrected chi connectivity index (χ1v) is 8.35. The highest BCUT2D eigenvalue weighted by Crippen LogP contribution is 2.15. The van der Waals surface area contributed by atoms with Crippen molar-refractivity contribution in [1.29, 1.82) is 0 Å². The molecule has 0 amide bonds. The Bertz CT molecular complexity index is 341. The van der Waals surface area contributed by atoms with Crippen molar-refractivity contribution < 1.29 is 0 Å². The van der Waals surface area contributed by atoms with Crippen LogP contribution in [0.2, 0.25) is 0 Å². The fourth-order valence-corrected chi connectivity index (χ4v) is 2.69. The molecule has 0 aromatic heterocycles. The largest absolute Gasteiger partial charge is 0.314 e. The molecule has 0 bridgehead atoms. The van der Waals surface area contributed by atoms with Crippen LogP contribution in [0.4, 0.5) is 0 Å². The Morgan fingerprint density at radius 3 is 2.72 bits per heavy atom. The Hall–Kier alpha value is -0.470. The van der Waals surface area contributed by atoms with Crippen LogP contribution in [0.5, 0.6) is 0 Å². The van der Waals surface area contributed by atoms with E-state index in [0.717, 1.165) is 13.0 Å². The molecule has 1 nitrogen and oxygen atoms in total. The molecule has 0 spiro atoms. The van der Waals surface area contributed by atoms with Gasteiger partial charge in [-0.15, -0.1) is 0 Å². The van der Waals surface area contributed by atoms with Crippen LogP contribution in [0.15, 0.2) is 18.2 Å². The van der Waals surface area contributed by atoms with Crippen molar-refractivity contribution in [2.45, 2.75) is 46.1 Å². The van der Waals surface area contributed by atoms with E-state index < -0.39 is 0 Å². The van der Waals surface area contributed by atoms with E-state index in [1.807, 2.05) is 11.8 Å². The summed E-state index contributed by atoms with van der Waals surface area (Å²) in [5, 5.41) is 3.69. The van der Waals surface area contributed by atoms with Crippen LogP contribution in [0.1, 0.15) is 36.5 Å². The second kappa shape index (κ2) is 8.60. The molecule has 0 heterocycles. The van der Waals surface area contributed by atoms with E-state index in [1.165, 1.54) is 35.3 Å². The summed E-state index contributed by atoms with van der Waals surface area (Å²) >= 11 is 1.94. The van der Waals surface area contributed by atoms with E-state index in [0.29, 0.717) is 6.04 Å². The average molecular weight is 265 g/mol. The number of thioether (sulfide) groups is 1. The number of aryl methyl sites for hydroxylation is 2. The quantitative estimate of drug-likeness (QED) is 0.763. The number of hydrogen-bond donors (Lipinski definition) is 1. The summed E-state index contributed by atoms with van der Waals surface area (Å²) in [4.78, 5) is 0. The van der Waals surface area contributed by atoms with Gasteiger partial charge in [-0.2, -0.15) is 11.8 Å². The topological polar surface area (TPSA) is 12.0 Å². The van der Waals surface area contributed by atoms with Gasteiger partial charge in [-0.05, 0) is 62.8 Å². The van der Waals surface area contributed by atoms with E-state index in [-0.39, 0.29) is 0 Å². The van der Waals surface area contributed by atoms with E-state index in [9.17, 15) is 0 Å². The highest BCUT2D eigenvalue weighted by Gasteiger charge is 2.10. The number of rotatable bonds is 8. The van der Waals surface area contributed by atoms with Crippen molar-refractivity contribution in [1.82, 2.24) is 5.32 Å². The Labute approximate surface area is 117 Å². The predicted molar refractivity (Wildman–Crippen MR) is 84.7 cm³/mol. The number of hydrogen-bond acceptors (Lipinski definition) is 2. The van der Waals surface area contributed by atoms with Gasteiger partial charge in [0.2, 0.25) is 0 Å². The molecular weight excluding hydrogens is 238 g/mol. The SMILES string of the molecule is CCCNC(CCSC)Cc1cc(C)ccc1C. The lowest BCUT2D eigenvalue weighted by atomic mass is 9.97. The Balaban J connectivity index is 2.65. The third-order valence-corrected chi connectivity index (χ3v) is 3.97. The number of benzene rings is 1. The molecule has 2 heteroatoms. The lowest BCUT2D eigenvalue weighted by molar-refractivity contribution is 0.497. The Kier molecular flexibility index (Phi) is 7.45. The summed E-state index contributed by atoms with van der Waals surface area (Å²) in [6, 6.07) is 7.42. The van der Waals surface area contributed by atoms with Crippen LogP contribution in [0.25, 0.3) is 0 Å². The molecule has 1 N–H and O–H groups in total. The smallest absolute Gasteiger partial charge is 0.0115 e. The lowest BCUT2D eigenvalue weighted by Crippen LogP contribution is -2.32. The van der Waals surface area contributed by atoms with Gasteiger partial charge in [0.05, 0.1) is 0 Å². The molecule has 1 aromatic rings. The normalized spacial score (nSPS) is 12.7. The molecule has 1 atom stereocenters. The summed E-state index contributed by atoms with van der Waals surface area (Å²) in [5.74, 6) is 1.24. The summed E-state index contributed by atoms with van der Waals surface area (Å²) in [6.45, 7) is 7.76. The molecule has 0 aliphatic rings. The van der Waals surface area contributed by atoms with Gasteiger partial charge in [0, 0.05) is 6.04 Å². The van der Waals surface area contributed by atoms with E-state index in [1.54, 1.807) is 0 Å². The molecule has 1 aromatic carbocycles. The van der Waals surface area contributed by atoms with Gasteiger partial charge in [0.25, 0.3) is 0 Å². The van der Waals surface area contributed by atoms with Crippen molar-refractivity contribution in [3.05, 3.63) is 34.9 Å². The van der Waals surface area contributed by atoms with Gasteiger partial charge in [-0.25, -0.2) is 0 Å². The first-order chi connectivity index (χ1) is 8.67. The summed E-state index contributed by atoms with van der Waals surface area (Å²) in [7, 11) is 0. The zero-order valence-corrected chi connectivity index (χ0v) is 13.1. The second-order valence-corrected chi connectivity index (χ2v) is 6.05. The predicted octanol–water partition coefficient (Wildman–Crippen LogP) is 3.97. The highest BCUT2D eigenvalue weighted by atomic mass is 32.2. The van der Waals surface area contributed by atoms with Gasteiger partial charge >= 0.3 is 0 Å². The summed E-state index contributed by atoms with van der Waals surface area (Å²) < 4.78 is 0. The van der Waals surface area contributed by atoms with Crippen molar-refractivity contribution in [3.8, 4) is 0 Å². The van der Waals surface area contributed by atoms with Crippen LogP contribution >= 0.6 is 11.8 Å². The van der Waals surface area contributed by atoms with Crippen molar-refractivity contribution in [2.24, 2.45) is 0 Å². The monoisotopic (exact) mass is 265 g/mol. The van der Waals surface area contributed by atoms with Crippen LogP contribution in [-0.2, 0) is 6.42 Å². The summed E-state index contributed by atoms with van der Waals surface area (Å²) in [6.07, 6.45) is 5.82. The highest BCUT2D eigenvalue weighted by molar-refractivity contribution is 7.98. The molecule has 0 aliphatic carbocycles.